The molecule has 1 aliphatic carbocycles. The summed E-state index contributed by atoms with van der Waals surface area (Å²) in [6.45, 7) is 7.10. The largest absolute Gasteiger partial charge is 0.351 e. The van der Waals surface area contributed by atoms with Crippen molar-refractivity contribution in [3.05, 3.63) is 29.3 Å². The average molecular weight is 464 g/mol. The minimum absolute atomic E-state index is 0.0376. The minimum atomic E-state index is -3.63. The van der Waals surface area contributed by atoms with Crippen molar-refractivity contribution in [3.8, 4) is 0 Å². The smallest absolute Gasteiger partial charge is 0.247 e. The lowest BCUT2D eigenvalue weighted by Gasteiger charge is -2.47. The fraction of sp³-hybridized carbons (Fsp3) is 0.667. The van der Waals surface area contributed by atoms with Crippen molar-refractivity contribution in [1.29, 1.82) is 0 Å². The Labute approximate surface area is 192 Å². The second kappa shape index (κ2) is 9.91. The van der Waals surface area contributed by atoms with Crippen LogP contribution in [-0.4, -0.2) is 55.0 Å². The van der Waals surface area contributed by atoms with Gasteiger partial charge in [0, 0.05) is 18.3 Å². The lowest BCUT2D eigenvalue weighted by molar-refractivity contribution is -0.133. The molecular formula is C24H37N3O4S. The van der Waals surface area contributed by atoms with Crippen LogP contribution in [0.4, 0.5) is 5.69 Å². The first-order valence-corrected chi connectivity index (χ1v) is 13.4. The average Bonchev–Trinajstić information content (AvgIpc) is 2.99. The van der Waals surface area contributed by atoms with Crippen LogP contribution in [0.3, 0.4) is 0 Å². The number of sulfonamides is 1. The normalized spacial score (nSPS) is 23.8. The van der Waals surface area contributed by atoms with Gasteiger partial charge >= 0.3 is 0 Å². The number of nitrogens with zero attached hydrogens (tertiary/aromatic N) is 2. The Hall–Kier alpha value is -1.93. The summed E-state index contributed by atoms with van der Waals surface area (Å²) in [7, 11) is -3.63. The topological polar surface area (TPSA) is 86.8 Å². The van der Waals surface area contributed by atoms with E-state index in [2.05, 4.69) is 5.32 Å². The molecule has 1 saturated carbocycles. The number of carbonyl (C=O) groups excluding carboxylic acids is 2. The maximum atomic E-state index is 13.7. The molecule has 0 spiro atoms. The Morgan fingerprint density at radius 1 is 1.16 bits per heavy atom. The molecule has 178 valence electrons. The van der Waals surface area contributed by atoms with Crippen LogP contribution in [0.25, 0.3) is 0 Å². The molecule has 1 aromatic carbocycles. The summed E-state index contributed by atoms with van der Waals surface area (Å²) in [5.74, 6) is -0.692. The molecule has 0 bridgehead atoms. The number of benzene rings is 1. The number of piperazine rings is 1. The summed E-state index contributed by atoms with van der Waals surface area (Å²) in [5.41, 5.74) is 1.27. The SMILES string of the molecule is CCCS(=O)(=O)N1CC(=O)N(c2cccc(C)c2C)[C@](C)(C(=O)NC2CCCCCC2)C1. The maximum Gasteiger partial charge on any atom is 0.247 e. The number of aryl methyl sites for hydroxylation is 1. The molecule has 1 N–H and O–H groups in total. The number of hydrogen-bond acceptors (Lipinski definition) is 4. The van der Waals surface area contributed by atoms with Gasteiger partial charge in [0.1, 0.15) is 5.54 Å². The minimum Gasteiger partial charge on any atom is -0.351 e. The molecule has 32 heavy (non-hydrogen) atoms. The van der Waals surface area contributed by atoms with Gasteiger partial charge in [0.15, 0.2) is 0 Å². The van der Waals surface area contributed by atoms with Crippen LogP contribution in [0.2, 0.25) is 0 Å². The number of anilines is 1. The third kappa shape index (κ3) is 5.01. The van der Waals surface area contributed by atoms with Crippen molar-refractivity contribution in [2.45, 2.75) is 84.2 Å². The van der Waals surface area contributed by atoms with E-state index < -0.39 is 15.6 Å². The molecule has 7 nitrogen and oxygen atoms in total. The van der Waals surface area contributed by atoms with Gasteiger partial charge < -0.3 is 5.32 Å². The van der Waals surface area contributed by atoms with Crippen molar-refractivity contribution in [1.82, 2.24) is 9.62 Å². The third-order valence-electron chi connectivity index (χ3n) is 6.89. The Kier molecular flexibility index (Phi) is 7.65. The monoisotopic (exact) mass is 463 g/mol. The predicted molar refractivity (Wildman–Crippen MR) is 127 cm³/mol. The van der Waals surface area contributed by atoms with Gasteiger partial charge in [0.2, 0.25) is 21.8 Å². The molecule has 1 saturated heterocycles. The van der Waals surface area contributed by atoms with Gasteiger partial charge in [-0.05, 0) is 57.2 Å². The van der Waals surface area contributed by atoms with E-state index in [-0.39, 0.29) is 36.7 Å². The van der Waals surface area contributed by atoms with Gasteiger partial charge in [-0.1, -0.05) is 44.7 Å². The summed E-state index contributed by atoms with van der Waals surface area (Å²) < 4.78 is 26.9. The number of nitrogens with one attached hydrogen (secondary N) is 1. The van der Waals surface area contributed by atoms with Crippen LogP contribution in [-0.2, 0) is 19.6 Å². The van der Waals surface area contributed by atoms with Gasteiger partial charge in [-0.3, -0.25) is 14.5 Å². The molecule has 3 rings (SSSR count). The van der Waals surface area contributed by atoms with E-state index in [0.717, 1.165) is 36.8 Å². The van der Waals surface area contributed by atoms with Crippen molar-refractivity contribution in [3.63, 3.8) is 0 Å². The summed E-state index contributed by atoms with van der Waals surface area (Å²) in [5, 5.41) is 3.17. The predicted octanol–water partition coefficient (Wildman–Crippen LogP) is 3.29. The van der Waals surface area contributed by atoms with Crippen molar-refractivity contribution in [2.24, 2.45) is 0 Å². The zero-order valence-corrected chi connectivity index (χ0v) is 20.6. The quantitative estimate of drug-likeness (QED) is 0.656. The standard InChI is InChI=1S/C24H37N3O4S/c1-5-15-32(30,31)26-16-22(28)27(21-14-10-11-18(2)19(21)3)24(4,17-26)23(29)25-20-12-8-6-7-9-13-20/h10-11,14,20H,5-9,12-13,15-17H2,1-4H3,(H,25,29)/t24-/m0/s1. The van der Waals surface area contributed by atoms with Crippen LogP contribution in [0.5, 0.6) is 0 Å². The van der Waals surface area contributed by atoms with E-state index in [0.29, 0.717) is 12.1 Å². The third-order valence-corrected chi connectivity index (χ3v) is 8.86. The van der Waals surface area contributed by atoms with Gasteiger partial charge in [0.05, 0.1) is 12.3 Å². The number of hydrogen-bond donors (Lipinski definition) is 1. The fourth-order valence-corrected chi connectivity index (χ4v) is 6.40. The van der Waals surface area contributed by atoms with Crippen LogP contribution in [0, 0.1) is 13.8 Å². The lowest BCUT2D eigenvalue weighted by atomic mass is 9.92. The number of amides is 2. The summed E-state index contributed by atoms with van der Waals surface area (Å²) in [6, 6.07) is 5.73. The van der Waals surface area contributed by atoms with Crippen LogP contribution in [0.1, 0.15) is 69.9 Å². The van der Waals surface area contributed by atoms with Crippen LogP contribution in [0.15, 0.2) is 18.2 Å². The van der Waals surface area contributed by atoms with Gasteiger partial charge in [-0.15, -0.1) is 0 Å². The molecule has 1 atom stereocenters. The van der Waals surface area contributed by atoms with Crippen LogP contribution < -0.4 is 10.2 Å². The van der Waals surface area contributed by atoms with Gasteiger partial charge in [-0.25, -0.2) is 8.42 Å². The summed E-state index contributed by atoms with van der Waals surface area (Å²) >= 11 is 0. The van der Waals surface area contributed by atoms with E-state index in [1.807, 2.05) is 32.0 Å². The van der Waals surface area contributed by atoms with E-state index in [4.69, 9.17) is 0 Å². The molecule has 1 aliphatic heterocycles. The molecule has 8 heteroatoms. The van der Waals surface area contributed by atoms with Crippen molar-refractivity contribution in [2.75, 3.05) is 23.7 Å². The highest BCUT2D eigenvalue weighted by Gasteiger charge is 2.51. The van der Waals surface area contributed by atoms with Gasteiger partial charge in [-0.2, -0.15) is 4.31 Å². The zero-order valence-electron chi connectivity index (χ0n) is 19.8. The molecule has 2 fully saturated rings. The Bertz CT molecular complexity index is 954. The van der Waals surface area contributed by atoms with E-state index in [1.54, 1.807) is 18.7 Å². The summed E-state index contributed by atoms with van der Waals surface area (Å²) in [6.07, 6.45) is 6.75. The van der Waals surface area contributed by atoms with Crippen molar-refractivity contribution >= 4 is 27.5 Å². The molecule has 0 radical (unpaired) electrons. The Morgan fingerprint density at radius 3 is 2.44 bits per heavy atom. The molecule has 1 aromatic rings. The second-order valence-electron chi connectivity index (χ2n) is 9.47. The van der Waals surface area contributed by atoms with E-state index in [1.165, 1.54) is 17.1 Å². The molecule has 2 aliphatic rings. The maximum absolute atomic E-state index is 13.7. The lowest BCUT2D eigenvalue weighted by Crippen LogP contribution is -2.71. The first kappa shape index (κ1) is 24.7. The zero-order chi connectivity index (χ0) is 23.5. The Balaban J connectivity index is 2.01. The second-order valence-corrected chi connectivity index (χ2v) is 11.6. The van der Waals surface area contributed by atoms with E-state index in [9.17, 15) is 18.0 Å². The van der Waals surface area contributed by atoms with Gasteiger partial charge in [0.25, 0.3) is 0 Å². The fourth-order valence-electron chi connectivity index (χ4n) is 4.87. The van der Waals surface area contributed by atoms with Crippen LogP contribution >= 0.6 is 0 Å². The first-order chi connectivity index (χ1) is 15.1. The Morgan fingerprint density at radius 2 is 1.81 bits per heavy atom. The van der Waals surface area contributed by atoms with Crippen molar-refractivity contribution < 1.29 is 18.0 Å². The molecule has 1 heterocycles. The highest BCUT2D eigenvalue weighted by Crippen LogP contribution is 2.34. The molecular weight excluding hydrogens is 426 g/mol. The van der Waals surface area contributed by atoms with E-state index >= 15 is 0 Å². The first-order valence-electron chi connectivity index (χ1n) is 11.8. The highest BCUT2D eigenvalue weighted by atomic mass is 32.2. The number of rotatable bonds is 6. The summed E-state index contributed by atoms with van der Waals surface area (Å²) in [4.78, 5) is 28.7. The molecule has 0 unspecified atom stereocenters. The number of carbonyl (C=O) groups is 2. The molecule has 0 aromatic heterocycles. The molecule has 2 amide bonds. The highest BCUT2D eigenvalue weighted by molar-refractivity contribution is 7.89.